The first-order valence-corrected chi connectivity index (χ1v) is 6.44. The Morgan fingerprint density at radius 2 is 1.67 bits per heavy atom. The highest BCUT2D eigenvalue weighted by atomic mass is 16.4. The Kier molecular flexibility index (Phi) is 3.39. The number of rotatable bonds is 1. The molecule has 5 nitrogen and oxygen atoms in total. The number of aromatic amines is 2. The van der Waals surface area contributed by atoms with Crippen LogP contribution in [0.3, 0.4) is 0 Å². The second kappa shape index (κ2) is 5.50. The molecule has 0 aliphatic carbocycles. The first-order valence-electron chi connectivity index (χ1n) is 6.44. The van der Waals surface area contributed by atoms with Gasteiger partial charge in [0.1, 0.15) is 0 Å². The van der Waals surface area contributed by atoms with Gasteiger partial charge < -0.3 is 10.1 Å². The molecule has 4 aromatic rings. The van der Waals surface area contributed by atoms with E-state index in [2.05, 4.69) is 33.4 Å². The van der Waals surface area contributed by atoms with Gasteiger partial charge in [0, 0.05) is 17.1 Å². The van der Waals surface area contributed by atoms with E-state index in [4.69, 9.17) is 5.11 Å². The quantitative estimate of drug-likeness (QED) is 0.499. The molecule has 0 amide bonds. The van der Waals surface area contributed by atoms with Crippen LogP contribution in [0.2, 0.25) is 0 Å². The number of para-hydroxylation sites is 2. The molecule has 0 aliphatic heterocycles. The Labute approximate surface area is 120 Å². The van der Waals surface area contributed by atoms with Gasteiger partial charge in [0.2, 0.25) is 0 Å². The molecule has 4 rings (SSSR count). The third-order valence-electron chi connectivity index (χ3n) is 3.14. The largest absolute Gasteiger partial charge is 0.476 e. The van der Waals surface area contributed by atoms with Crippen LogP contribution in [0.25, 0.3) is 21.8 Å². The SMILES string of the molecule is O=C(O)c1n[nH]c2ccccc12.c1ccc2[nH]ccc2c1. The van der Waals surface area contributed by atoms with Crippen LogP contribution in [0.5, 0.6) is 0 Å². The number of nitrogens with one attached hydrogen (secondary N) is 2. The maximum atomic E-state index is 10.6. The second-order valence-electron chi connectivity index (χ2n) is 4.49. The van der Waals surface area contributed by atoms with E-state index >= 15 is 0 Å². The molecule has 0 fully saturated rings. The van der Waals surface area contributed by atoms with Crippen LogP contribution in [0.15, 0.2) is 60.8 Å². The van der Waals surface area contributed by atoms with Crippen LogP contribution in [-0.2, 0) is 0 Å². The Morgan fingerprint density at radius 1 is 0.952 bits per heavy atom. The van der Waals surface area contributed by atoms with Gasteiger partial charge in [0.25, 0.3) is 0 Å². The van der Waals surface area contributed by atoms with Crippen molar-refractivity contribution in [2.45, 2.75) is 0 Å². The van der Waals surface area contributed by atoms with Crippen LogP contribution in [-0.4, -0.2) is 26.3 Å². The summed E-state index contributed by atoms with van der Waals surface area (Å²) in [6.07, 6.45) is 1.95. The van der Waals surface area contributed by atoms with Crippen molar-refractivity contribution in [2.75, 3.05) is 0 Å². The van der Waals surface area contributed by atoms with Gasteiger partial charge >= 0.3 is 5.97 Å². The van der Waals surface area contributed by atoms with Crippen molar-refractivity contribution in [3.63, 3.8) is 0 Å². The summed E-state index contributed by atoms with van der Waals surface area (Å²) in [6.45, 7) is 0. The van der Waals surface area contributed by atoms with E-state index in [9.17, 15) is 4.79 Å². The minimum absolute atomic E-state index is 0.0746. The summed E-state index contributed by atoms with van der Waals surface area (Å²) in [5, 5.41) is 16.9. The molecule has 2 aromatic carbocycles. The number of nitrogens with zero attached hydrogens (tertiary/aromatic N) is 1. The van der Waals surface area contributed by atoms with Crippen molar-refractivity contribution >= 4 is 27.8 Å². The van der Waals surface area contributed by atoms with Crippen LogP contribution in [0.4, 0.5) is 0 Å². The van der Waals surface area contributed by atoms with Crippen LogP contribution in [0, 0.1) is 0 Å². The summed E-state index contributed by atoms with van der Waals surface area (Å²) in [5.41, 5.74) is 2.03. The van der Waals surface area contributed by atoms with E-state index in [1.54, 1.807) is 18.2 Å². The maximum Gasteiger partial charge on any atom is 0.357 e. The summed E-state index contributed by atoms with van der Waals surface area (Å²) in [7, 11) is 0. The summed E-state index contributed by atoms with van der Waals surface area (Å²) in [4.78, 5) is 13.7. The fourth-order valence-electron chi connectivity index (χ4n) is 2.12. The summed E-state index contributed by atoms with van der Waals surface area (Å²) in [5.74, 6) is -1.01. The lowest BCUT2D eigenvalue weighted by Gasteiger charge is -1.87. The minimum atomic E-state index is -1.01. The van der Waals surface area contributed by atoms with Gasteiger partial charge in [-0.1, -0.05) is 36.4 Å². The van der Waals surface area contributed by atoms with E-state index in [1.807, 2.05) is 24.4 Å². The molecule has 2 heterocycles. The van der Waals surface area contributed by atoms with Gasteiger partial charge in [-0.05, 0) is 23.6 Å². The van der Waals surface area contributed by atoms with Gasteiger partial charge in [-0.2, -0.15) is 5.10 Å². The molecule has 0 bridgehead atoms. The lowest BCUT2D eigenvalue weighted by molar-refractivity contribution is 0.0692. The van der Waals surface area contributed by atoms with E-state index in [-0.39, 0.29) is 5.69 Å². The first kappa shape index (κ1) is 12.9. The number of carboxylic acid groups (broad SMARTS) is 1. The number of carboxylic acids is 1. The molecular formula is C16H13N3O2. The molecule has 0 atom stereocenters. The first-order chi connectivity index (χ1) is 10.3. The van der Waals surface area contributed by atoms with E-state index in [1.165, 1.54) is 10.9 Å². The zero-order valence-corrected chi connectivity index (χ0v) is 11.1. The number of benzene rings is 2. The van der Waals surface area contributed by atoms with Crippen molar-refractivity contribution in [1.82, 2.24) is 15.2 Å². The second-order valence-corrected chi connectivity index (χ2v) is 4.49. The summed E-state index contributed by atoms with van der Waals surface area (Å²) in [6, 6.07) is 17.4. The summed E-state index contributed by atoms with van der Waals surface area (Å²) < 4.78 is 0. The molecule has 3 N–H and O–H groups in total. The van der Waals surface area contributed by atoms with E-state index in [0.29, 0.717) is 5.39 Å². The lowest BCUT2D eigenvalue weighted by Crippen LogP contribution is -1.96. The summed E-state index contributed by atoms with van der Waals surface area (Å²) >= 11 is 0. The van der Waals surface area contributed by atoms with Gasteiger partial charge in [0.05, 0.1) is 5.52 Å². The lowest BCUT2D eigenvalue weighted by atomic mass is 10.2. The molecule has 5 heteroatoms. The van der Waals surface area contributed by atoms with Gasteiger partial charge in [-0.3, -0.25) is 5.10 Å². The zero-order chi connectivity index (χ0) is 14.7. The molecule has 0 aliphatic rings. The normalized spacial score (nSPS) is 10.3. The molecule has 0 spiro atoms. The molecule has 0 saturated heterocycles. The predicted octanol–water partition coefficient (Wildman–Crippen LogP) is 3.43. The number of H-pyrrole nitrogens is 2. The highest BCUT2D eigenvalue weighted by molar-refractivity contribution is 6.00. The van der Waals surface area contributed by atoms with Crippen molar-refractivity contribution in [3.8, 4) is 0 Å². The third-order valence-corrected chi connectivity index (χ3v) is 3.14. The number of hydrogen-bond acceptors (Lipinski definition) is 2. The average molecular weight is 279 g/mol. The Balaban J connectivity index is 0.000000131. The van der Waals surface area contributed by atoms with Gasteiger partial charge in [0.15, 0.2) is 5.69 Å². The molecular weight excluding hydrogens is 266 g/mol. The number of hydrogen-bond donors (Lipinski definition) is 3. The highest BCUT2D eigenvalue weighted by Crippen LogP contribution is 2.14. The molecule has 2 aromatic heterocycles. The standard InChI is InChI=1S/C8H6N2O2.C8H7N/c11-8(12)7-5-3-1-2-4-6(5)9-10-7;1-2-4-8-7(3-1)5-6-9-8/h1-4H,(H,9,10)(H,11,12);1-6,9H. The van der Waals surface area contributed by atoms with E-state index in [0.717, 1.165) is 5.52 Å². The van der Waals surface area contributed by atoms with Crippen LogP contribution >= 0.6 is 0 Å². The Bertz CT molecular complexity index is 862. The average Bonchev–Trinajstić information content (AvgIpc) is 3.14. The molecule has 0 saturated carbocycles. The molecule has 21 heavy (non-hydrogen) atoms. The van der Waals surface area contributed by atoms with Crippen molar-refractivity contribution in [3.05, 3.63) is 66.5 Å². The van der Waals surface area contributed by atoms with Crippen LogP contribution < -0.4 is 0 Å². The van der Waals surface area contributed by atoms with Crippen molar-refractivity contribution < 1.29 is 9.90 Å². The molecule has 104 valence electrons. The van der Waals surface area contributed by atoms with Crippen LogP contribution in [0.1, 0.15) is 10.5 Å². The monoisotopic (exact) mass is 279 g/mol. The van der Waals surface area contributed by atoms with Gasteiger partial charge in [-0.25, -0.2) is 4.79 Å². The number of carbonyl (C=O) groups is 1. The zero-order valence-electron chi connectivity index (χ0n) is 11.1. The predicted molar refractivity (Wildman–Crippen MR) is 81.4 cm³/mol. The van der Waals surface area contributed by atoms with Crippen molar-refractivity contribution in [1.29, 1.82) is 0 Å². The Morgan fingerprint density at radius 3 is 2.43 bits per heavy atom. The van der Waals surface area contributed by atoms with Crippen molar-refractivity contribution in [2.24, 2.45) is 0 Å². The smallest absolute Gasteiger partial charge is 0.357 e. The number of fused-ring (bicyclic) bond motifs is 2. The topological polar surface area (TPSA) is 81.8 Å². The number of aromatic nitrogens is 3. The highest BCUT2D eigenvalue weighted by Gasteiger charge is 2.10. The Hall–Kier alpha value is -3.08. The minimum Gasteiger partial charge on any atom is -0.476 e. The maximum absolute atomic E-state index is 10.6. The fourth-order valence-corrected chi connectivity index (χ4v) is 2.12. The van der Waals surface area contributed by atoms with E-state index < -0.39 is 5.97 Å². The van der Waals surface area contributed by atoms with Gasteiger partial charge in [-0.15, -0.1) is 0 Å². The number of aromatic carboxylic acids is 1. The third kappa shape index (κ3) is 2.62. The molecule has 0 unspecified atom stereocenters. The molecule has 0 radical (unpaired) electrons. The fraction of sp³-hybridized carbons (Fsp3) is 0.